The first-order valence-corrected chi connectivity index (χ1v) is 9.20. The van der Waals surface area contributed by atoms with Crippen molar-refractivity contribution < 1.29 is 23.5 Å². The van der Waals surface area contributed by atoms with E-state index in [0.717, 1.165) is 0 Å². The van der Waals surface area contributed by atoms with Gasteiger partial charge in [0, 0.05) is 34.3 Å². The number of halogens is 1. The molecule has 8 heteroatoms. The van der Waals surface area contributed by atoms with Crippen molar-refractivity contribution in [2.45, 2.75) is 26.9 Å². The van der Waals surface area contributed by atoms with Crippen molar-refractivity contribution in [3.63, 3.8) is 0 Å². The molecule has 0 fully saturated rings. The topological polar surface area (TPSA) is 97.6 Å². The molecule has 3 rings (SSSR count). The second kappa shape index (κ2) is 8.36. The highest BCUT2D eigenvalue weighted by molar-refractivity contribution is 6.31. The molecule has 29 heavy (non-hydrogen) atoms. The molecule has 0 aliphatic heterocycles. The molecular formula is C21H19ClN2O5. The van der Waals surface area contributed by atoms with Gasteiger partial charge in [-0.25, -0.2) is 4.79 Å². The number of hydrogen-bond donors (Lipinski definition) is 2. The van der Waals surface area contributed by atoms with E-state index in [1.165, 1.54) is 13.8 Å². The Balaban J connectivity index is 1.65. The van der Waals surface area contributed by atoms with Crippen LogP contribution in [0, 0.1) is 6.92 Å². The van der Waals surface area contributed by atoms with Gasteiger partial charge in [0.15, 0.2) is 6.10 Å². The van der Waals surface area contributed by atoms with Gasteiger partial charge in [0.25, 0.3) is 5.91 Å². The summed E-state index contributed by atoms with van der Waals surface area (Å²) in [6, 6.07) is 11.6. The molecule has 1 heterocycles. The average molecular weight is 415 g/mol. The minimum atomic E-state index is -1.05. The van der Waals surface area contributed by atoms with Crippen molar-refractivity contribution in [2.24, 2.45) is 0 Å². The summed E-state index contributed by atoms with van der Waals surface area (Å²) in [5.41, 5.74) is 2.21. The standard InChI is InChI=1S/C21H19ClN2O5/c1-11-17-10-14(22)4-9-18(17)29-19(11)21(27)28-12(2)20(26)24-16-7-5-15(6-8-16)23-13(3)25/h4-10,12H,1-3H3,(H,23,25)(H,24,26)/t12-/m1/s1. The predicted octanol–water partition coefficient (Wildman–Crippen LogP) is 4.54. The van der Waals surface area contributed by atoms with Crippen LogP contribution in [0.3, 0.4) is 0 Å². The molecule has 1 atom stereocenters. The Bertz CT molecular complexity index is 1090. The molecular weight excluding hydrogens is 396 g/mol. The highest BCUT2D eigenvalue weighted by Crippen LogP contribution is 2.28. The Morgan fingerprint density at radius 2 is 1.66 bits per heavy atom. The zero-order chi connectivity index (χ0) is 21.1. The largest absolute Gasteiger partial charge is 0.449 e. The van der Waals surface area contributed by atoms with Crippen LogP contribution in [0.25, 0.3) is 11.0 Å². The number of hydrogen-bond acceptors (Lipinski definition) is 5. The zero-order valence-electron chi connectivity index (χ0n) is 16.0. The summed E-state index contributed by atoms with van der Waals surface area (Å²) in [5.74, 6) is -1.40. The lowest BCUT2D eigenvalue weighted by molar-refractivity contribution is -0.123. The summed E-state index contributed by atoms with van der Waals surface area (Å²) < 4.78 is 10.8. The number of furan rings is 1. The van der Waals surface area contributed by atoms with Crippen LogP contribution in [-0.2, 0) is 14.3 Å². The fraction of sp³-hybridized carbons (Fsp3) is 0.190. The Hall–Kier alpha value is -3.32. The number of aryl methyl sites for hydroxylation is 1. The van der Waals surface area contributed by atoms with Crippen molar-refractivity contribution in [1.29, 1.82) is 0 Å². The zero-order valence-corrected chi connectivity index (χ0v) is 16.8. The van der Waals surface area contributed by atoms with E-state index in [0.29, 0.717) is 32.9 Å². The van der Waals surface area contributed by atoms with E-state index in [4.69, 9.17) is 20.8 Å². The fourth-order valence-electron chi connectivity index (χ4n) is 2.74. The Kier molecular flexibility index (Phi) is 5.89. The van der Waals surface area contributed by atoms with E-state index in [1.807, 2.05) is 0 Å². The van der Waals surface area contributed by atoms with Gasteiger partial charge < -0.3 is 19.8 Å². The van der Waals surface area contributed by atoms with Crippen molar-refractivity contribution in [3.8, 4) is 0 Å². The molecule has 3 aromatic rings. The molecule has 0 aliphatic rings. The number of fused-ring (bicyclic) bond motifs is 1. The van der Waals surface area contributed by atoms with E-state index >= 15 is 0 Å². The smallest absolute Gasteiger partial charge is 0.375 e. The number of esters is 1. The van der Waals surface area contributed by atoms with E-state index in [-0.39, 0.29) is 11.7 Å². The summed E-state index contributed by atoms with van der Waals surface area (Å²) in [7, 11) is 0. The van der Waals surface area contributed by atoms with Crippen molar-refractivity contribution in [2.75, 3.05) is 10.6 Å². The first kappa shape index (κ1) is 20.4. The van der Waals surface area contributed by atoms with Crippen LogP contribution < -0.4 is 10.6 Å². The number of ether oxygens (including phenoxy) is 1. The average Bonchev–Trinajstić information content (AvgIpc) is 2.99. The summed E-state index contributed by atoms with van der Waals surface area (Å²) in [6.07, 6.45) is -1.05. The molecule has 2 amide bonds. The van der Waals surface area contributed by atoms with E-state index in [2.05, 4.69) is 10.6 Å². The van der Waals surface area contributed by atoms with Crippen LogP contribution in [0.5, 0.6) is 0 Å². The maximum atomic E-state index is 12.5. The highest BCUT2D eigenvalue weighted by atomic mass is 35.5. The van der Waals surface area contributed by atoms with Crippen LogP contribution in [0.15, 0.2) is 46.9 Å². The fourth-order valence-corrected chi connectivity index (χ4v) is 2.91. The molecule has 0 radical (unpaired) electrons. The molecule has 0 spiro atoms. The summed E-state index contributed by atoms with van der Waals surface area (Å²) >= 11 is 5.99. The van der Waals surface area contributed by atoms with Gasteiger partial charge in [-0.15, -0.1) is 0 Å². The quantitative estimate of drug-likeness (QED) is 0.597. The lowest BCUT2D eigenvalue weighted by Gasteiger charge is -2.13. The van der Waals surface area contributed by atoms with Crippen molar-refractivity contribution in [3.05, 3.63) is 58.8 Å². The van der Waals surface area contributed by atoms with Crippen LogP contribution in [0.4, 0.5) is 11.4 Å². The Labute approximate surface area is 172 Å². The number of benzene rings is 2. The van der Waals surface area contributed by atoms with Gasteiger partial charge in [-0.1, -0.05) is 11.6 Å². The van der Waals surface area contributed by atoms with Crippen molar-refractivity contribution >= 4 is 51.7 Å². The molecule has 1 aromatic heterocycles. The van der Waals surface area contributed by atoms with Gasteiger partial charge in [0.1, 0.15) is 5.58 Å². The van der Waals surface area contributed by atoms with E-state index in [1.54, 1.807) is 49.4 Å². The molecule has 2 N–H and O–H groups in total. The number of carbonyl (C=O) groups is 3. The lowest BCUT2D eigenvalue weighted by Crippen LogP contribution is -2.30. The van der Waals surface area contributed by atoms with Gasteiger partial charge in [-0.05, 0) is 56.3 Å². The Morgan fingerprint density at radius 1 is 1.03 bits per heavy atom. The van der Waals surface area contributed by atoms with Gasteiger partial charge in [0.2, 0.25) is 11.7 Å². The number of carbonyl (C=O) groups excluding carboxylic acids is 3. The summed E-state index contributed by atoms with van der Waals surface area (Å²) in [6.45, 7) is 4.60. The molecule has 7 nitrogen and oxygen atoms in total. The minimum Gasteiger partial charge on any atom is -0.449 e. The van der Waals surface area contributed by atoms with Crippen LogP contribution >= 0.6 is 11.6 Å². The van der Waals surface area contributed by atoms with Gasteiger partial charge in [0.05, 0.1) is 0 Å². The molecule has 0 unspecified atom stereocenters. The van der Waals surface area contributed by atoms with Crippen LogP contribution in [-0.4, -0.2) is 23.9 Å². The maximum Gasteiger partial charge on any atom is 0.375 e. The Morgan fingerprint density at radius 3 is 2.28 bits per heavy atom. The van der Waals surface area contributed by atoms with Crippen LogP contribution in [0.1, 0.15) is 30.0 Å². The highest BCUT2D eigenvalue weighted by Gasteiger charge is 2.24. The normalized spacial score (nSPS) is 11.7. The van der Waals surface area contributed by atoms with Gasteiger partial charge >= 0.3 is 5.97 Å². The third kappa shape index (κ3) is 4.75. The summed E-state index contributed by atoms with van der Waals surface area (Å²) in [5, 5.41) is 6.52. The van der Waals surface area contributed by atoms with E-state index in [9.17, 15) is 14.4 Å². The first-order chi connectivity index (χ1) is 13.7. The molecule has 0 saturated carbocycles. The molecule has 2 aromatic carbocycles. The first-order valence-electron chi connectivity index (χ1n) is 8.82. The molecule has 150 valence electrons. The van der Waals surface area contributed by atoms with Gasteiger partial charge in [-0.3, -0.25) is 9.59 Å². The van der Waals surface area contributed by atoms with Gasteiger partial charge in [-0.2, -0.15) is 0 Å². The second-order valence-corrected chi connectivity index (χ2v) is 6.93. The maximum absolute atomic E-state index is 12.5. The number of anilines is 2. The number of nitrogens with one attached hydrogen (secondary N) is 2. The lowest BCUT2D eigenvalue weighted by atomic mass is 10.1. The predicted molar refractivity (Wildman–Crippen MR) is 110 cm³/mol. The molecule has 0 aliphatic carbocycles. The monoisotopic (exact) mass is 414 g/mol. The van der Waals surface area contributed by atoms with Crippen molar-refractivity contribution in [1.82, 2.24) is 0 Å². The SMILES string of the molecule is CC(=O)Nc1ccc(NC(=O)[C@@H](C)OC(=O)c2oc3ccc(Cl)cc3c2C)cc1. The number of amides is 2. The van der Waals surface area contributed by atoms with Crippen LogP contribution in [0.2, 0.25) is 5.02 Å². The summed E-state index contributed by atoms with van der Waals surface area (Å²) in [4.78, 5) is 35.8. The third-order valence-electron chi connectivity index (χ3n) is 4.21. The number of rotatable bonds is 5. The second-order valence-electron chi connectivity index (χ2n) is 6.49. The van der Waals surface area contributed by atoms with E-state index < -0.39 is 18.0 Å². The third-order valence-corrected chi connectivity index (χ3v) is 4.44. The minimum absolute atomic E-state index is 0.0292. The molecule has 0 bridgehead atoms. The molecule has 0 saturated heterocycles.